The van der Waals surface area contributed by atoms with Gasteiger partial charge in [-0.1, -0.05) is 76.5 Å². The number of carbonyl (C=O) groups excluding carboxylic acids is 2. The maximum atomic E-state index is 12.3. The maximum Gasteiger partial charge on any atom is 0.343 e. The summed E-state index contributed by atoms with van der Waals surface area (Å²) < 4.78 is 5.42. The summed E-state index contributed by atoms with van der Waals surface area (Å²) in [6.45, 7) is 4.11. The number of benzene rings is 2. The number of hydrogen-bond donors (Lipinski definition) is 1. The van der Waals surface area contributed by atoms with Gasteiger partial charge in [0.15, 0.2) is 0 Å². The standard InChI is InChI=1S/C27H36N2O3/c1-3-4-5-6-7-8-9-10-11-16-26(30)29-28-21-23-17-19-24(20-18-23)32-27(31)25-15-13-12-14-22(25)2/h12-15,17-21H,3-11,16H2,1-2H3,(H,29,30). The van der Waals surface area contributed by atoms with Crippen LogP contribution < -0.4 is 10.2 Å². The highest BCUT2D eigenvalue weighted by Gasteiger charge is 2.10. The molecular formula is C27H36N2O3. The number of nitrogens with zero attached hydrogens (tertiary/aromatic N) is 1. The highest BCUT2D eigenvalue weighted by Crippen LogP contribution is 2.15. The molecule has 2 rings (SSSR count). The molecule has 5 nitrogen and oxygen atoms in total. The van der Waals surface area contributed by atoms with Crippen LogP contribution in [0, 0.1) is 6.92 Å². The third-order valence-electron chi connectivity index (χ3n) is 5.37. The fraction of sp³-hybridized carbons (Fsp3) is 0.444. The van der Waals surface area contributed by atoms with Crippen LogP contribution in [0.2, 0.25) is 0 Å². The van der Waals surface area contributed by atoms with Crippen molar-refractivity contribution in [3.63, 3.8) is 0 Å². The molecule has 0 saturated carbocycles. The molecule has 0 fully saturated rings. The molecule has 172 valence electrons. The van der Waals surface area contributed by atoms with E-state index in [1.807, 2.05) is 25.1 Å². The fourth-order valence-corrected chi connectivity index (χ4v) is 3.42. The lowest BCUT2D eigenvalue weighted by Crippen LogP contribution is -2.16. The highest BCUT2D eigenvalue weighted by molar-refractivity contribution is 5.92. The number of aryl methyl sites for hydroxylation is 1. The number of nitrogens with one attached hydrogen (secondary N) is 1. The van der Waals surface area contributed by atoms with Crippen LogP contribution in [0.3, 0.4) is 0 Å². The van der Waals surface area contributed by atoms with Crippen molar-refractivity contribution < 1.29 is 14.3 Å². The summed E-state index contributed by atoms with van der Waals surface area (Å²) in [6, 6.07) is 14.3. The van der Waals surface area contributed by atoms with Gasteiger partial charge in [0.2, 0.25) is 5.91 Å². The van der Waals surface area contributed by atoms with Gasteiger partial charge in [0, 0.05) is 6.42 Å². The van der Waals surface area contributed by atoms with Gasteiger partial charge in [-0.3, -0.25) is 4.79 Å². The Kier molecular flexibility index (Phi) is 11.8. The van der Waals surface area contributed by atoms with Gasteiger partial charge >= 0.3 is 5.97 Å². The van der Waals surface area contributed by atoms with E-state index in [4.69, 9.17) is 4.74 Å². The van der Waals surface area contributed by atoms with E-state index in [-0.39, 0.29) is 11.9 Å². The molecule has 0 heterocycles. The Hall–Kier alpha value is -2.95. The summed E-state index contributed by atoms with van der Waals surface area (Å²) in [5, 5.41) is 4.02. The van der Waals surface area contributed by atoms with Crippen LogP contribution in [0.1, 0.15) is 92.6 Å². The van der Waals surface area contributed by atoms with Crippen molar-refractivity contribution in [2.24, 2.45) is 5.10 Å². The molecule has 2 aromatic rings. The normalized spacial score (nSPS) is 10.9. The van der Waals surface area contributed by atoms with Gasteiger partial charge in [-0.05, 0) is 54.8 Å². The predicted molar refractivity (Wildman–Crippen MR) is 130 cm³/mol. The molecule has 1 N–H and O–H groups in total. The van der Waals surface area contributed by atoms with Crippen LogP contribution in [0.15, 0.2) is 53.6 Å². The van der Waals surface area contributed by atoms with Gasteiger partial charge in [-0.15, -0.1) is 0 Å². The Morgan fingerprint density at radius 1 is 0.875 bits per heavy atom. The predicted octanol–water partition coefficient (Wildman–Crippen LogP) is 6.59. The number of esters is 1. The lowest BCUT2D eigenvalue weighted by atomic mass is 10.1. The van der Waals surface area contributed by atoms with Crippen molar-refractivity contribution in [3.05, 3.63) is 65.2 Å². The Morgan fingerprint density at radius 2 is 1.50 bits per heavy atom. The van der Waals surface area contributed by atoms with E-state index in [2.05, 4.69) is 17.5 Å². The number of hydrogen-bond acceptors (Lipinski definition) is 4. The third kappa shape index (κ3) is 9.90. The van der Waals surface area contributed by atoms with Crippen LogP contribution >= 0.6 is 0 Å². The minimum Gasteiger partial charge on any atom is -0.423 e. The van der Waals surface area contributed by atoms with Crippen molar-refractivity contribution in [1.82, 2.24) is 5.43 Å². The summed E-state index contributed by atoms with van der Waals surface area (Å²) in [4.78, 5) is 24.2. The van der Waals surface area contributed by atoms with Crippen LogP contribution in [0.25, 0.3) is 0 Å². The smallest absolute Gasteiger partial charge is 0.343 e. The highest BCUT2D eigenvalue weighted by atomic mass is 16.5. The second kappa shape index (κ2) is 15.0. The first-order valence-corrected chi connectivity index (χ1v) is 11.8. The zero-order chi connectivity index (χ0) is 23.0. The number of amides is 1. The molecule has 0 aliphatic heterocycles. The molecule has 0 aromatic heterocycles. The molecule has 0 aliphatic rings. The van der Waals surface area contributed by atoms with E-state index in [0.29, 0.717) is 17.7 Å². The average Bonchev–Trinajstić information content (AvgIpc) is 2.79. The van der Waals surface area contributed by atoms with Crippen LogP contribution in [0.4, 0.5) is 0 Å². The van der Waals surface area contributed by atoms with Gasteiger partial charge in [-0.25, -0.2) is 10.2 Å². The van der Waals surface area contributed by atoms with E-state index < -0.39 is 0 Å². The van der Waals surface area contributed by atoms with Crippen LogP contribution in [-0.2, 0) is 4.79 Å². The second-order valence-electron chi connectivity index (χ2n) is 8.15. The van der Waals surface area contributed by atoms with Crippen molar-refractivity contribution in [2.75, 3.05) is 0 Å². The first kappa shape index (κ1) is 25.3. The quantitative estimate of drug-likeness (QED) is 0.119. The summed E-state index contributed by atoms with van der Waals surface area (Å²) in [6.07, 6.45) is 13.1. The van der Waals surface area contributed by atoms with Gasteiger partial charge in [-0.2, -0.15) is 5.10 Å². The summed E-state index contributed by atoms with van der Waals surface area (Å²) >= 11 is 0. The maximum absolute atomic E-state index is 12.3. The van der Waals surface area contributed by atoms with Crippen molar-refractivity contribution in [1.29, 1.82) is 0 Å². The summed E-state index contributed by atoms with van der Waals surface area (Å²) in [7, 11) is 0. The molecule has 0 spiro atoms. The number of carbonyl (C=O) groups is 2. The summed E-state index contributed by atoms with van der Waals surface area (Å²) in [5.41, 5.74) is 4.81. The molecule has 0 atom stereocenters. The molecule has 0 bridgehead atoms. The zero-order valence-electron chi connectivity index (χ0n) is 19.4. The Labute approximate surface area is 192 Å². The third-order valence-corrected chi connectivity index (χ3v) is 5.37. The lowest BCUT2D eigenvalue weighted by molar-refractivity contribution is -0.121. The van der Waals surface area contributed by atoms with Crippen molar-refractivity contribution >= 4 is 18.1 Å². The molecule has 0 radical (unpaired) electrons. The SMILES string of the molecule is CCCCCCCCCCCC(=O)NN=Cc1ccc(OC(=O)c2ccccc2C)cc1. The number of unbranched alkanes of at least 4 members (excludes halogenated alkanes) is 8. The van der Waals surface area contributed by atoms with E-state index >= 15 is 0 Å². The summed E-state index contributed by atoms with van der Waals surface area (Å²) in [5.74, 6) is 0.0195. The minimum absolute atomic E-state index is 0.0621. The van der Waals surface area contributed by atoms with Crippen molar-refractivity contribution in [2.45, 2.75) is 78.1 Å². The van der Waals surface area contributed by atoms with Crippen LogP contribution in [-0.4, -0.2) is 18.1 Å². The monoisotopic (exact) mass is 436 g/mol. The van der Waals surface area contributed by atoms with Crippen LogP contribution in [0.5, 0.6) is 5.75 Å². The molecule has 5 heteroatoms. The van der Waals surface area contributed by atoms with E-state index in [0.717, 1.165) is 24.0 Å². The molecule has 32 heavy (non-hydrogen) atoms. The molecule has 0 saturated heterocycles. The molecular weight excluding hydrogens is 400 g/mol. The Morgan fingerprint density at radius 3 is 2.16 bits per heavy atom. The van der Waals surface area contributed by atoms with E-state index in [1.54, 1.807) is 36.5 Å². The number of hydrazone groups is 1. The molecule has 2 aromatic carbocycles. The lowest BCUT2D eigenvalue weighted by Gasteiger charge is -2.06. The molecule has 0 unspecified atom stereocenters. The first-order valence-electron chi connectivity index (χ1n) is 11.8. The number of ether oxygens (including phenoxy) is 1. The second-order valence-corrected chi connectivity index (χ2v) is 8.15. The van der Waals surface area contributed by atoms with Gasteiger partial charge in [0.05, 0.1) is 11.8 Å². The van der Waals surface area contributed by atoms with Gasteiger partial charge in [0.1, 0.15) is 5.75 Å². The average molecular weight is 437 g/mol. The number of rotatable bonds is 14. The Balaban J connectivity index is 1.63. The minimum atomic E-state index is -0.381. The fourth-order valence-electron chi connectivity index (χ4n) is 3.42. The first-order chi connectivity index (χ1) is 15.6. The zero-order valence-corrected chi connectivity index (χ0v) is 19.4. The van der Waals surface area contributed by atoms with Gasteiger partial charge < -0.3 is 4.74 Å². The van der Waals surface area contributed by atoms with E-state index in [1.165, 1.54) is 44.9 Å². The van der Waals surface area contributed by atoms with Crippen molar-refractivity contribution in [3.8, 4) is 5.75 Å². The topological polar surface area (TPSA) is 67.8 Å². The van der Waals surface area contributed by atoms with Gasteiger partial charge in [0.25, 0.3) is 0 Å². The molecule has 0 aliphatic carbocycles. The van der Waals surface area contributed by atoms with E-state index in [9.17, 15) is 9.59 Å². The molecule has 1 amide bonds. The Bertz CT molecular complexity index is 859. The largest absolute Gasteiger partial charge is 0.423 e.